The van der Waals surface area contributed by atoms with Crippen molar-refractivity contribution >= 4 is 17.3 Å². The normalized spacial score (nSPS) is 10.2. The Bertz CT molecular complexity index is 390. The Kier molecular flexibility index (Phi) is 2.96. The van der Waals surface area contributed by atoms with Gasteiger partial charge in [0.1, 0.15) is 0 Å². The number of alkyl halides is 1. The summed E-state index contributed by atoms with van der Waals surface area (Å²) in [6.07, 6.45) is 0. The molecule has 0 spiro atoms. The lowest BCUT2D eigenvalue weighted by Gasteiger charge is -2.14. The predicted octanol–water partition coefficient (Wildman–Crippen LogP) is 2.02. The van der Waals surface area contributed by atoms with Crippen molar-refractivity contribution in [2.75, 3.05) is 0 Å². The van der Waals surface area contributed by atoms with Gasteiger partial charge >= 0.3 is 0 Å². The fourth-order valence-electron chi connectivity index (χ4n) is 1.29. The summed E-state index contributed by atoms with van der Waals surface area (Å²) >= 11 is 5.53. The van der Waals surface area contributed by atoms with Crippen LogP contribution in [0.3, 0.4) is 0 Å². The highest BCUT2D eigenvalue weighted by Gasteiger charge is 2.18. The van der Waals surface area contributed by atoms with E-state index in [1.54, 1.807) is 13.8 Å². The molecule has 0 fully saturated rings. The average molecular weight is 215 g/mol. The second-order valence-electron chi connectivity index (χ2n) is 3.02. The van der Waals surface area contributed by atoms with Gasteiger partial charge in [0.05, 0.1) is 10.8 Å². The Morgan fingerprint density at radius 2 is 2.00 bits per heavy atom. The summed E-state index contributed by atoms with van der Waals surface area (Å²) in [5.74, 6) is -0.226. The first-order valence-electron chi connectivity index (χ1n) is 3.99. The van der Waals surface area contributed by atoms with E-state index in [0.29, 0.717) is 11.1 Å². The molecule has 1 rings (SSSR count). The highest BCUT2D eigenvalue weighted by Crippen LogP contribution is 2.31. The quantitative estimate of drug-likeness (QED) is 0.430. The molecule has 4 nitrogen and oxygen atoms in total. The van der Waals surface area contributed by atoms with Gasteiger partial charge in [-0.2, -0.15) is 0 Å². The van der Waals surface area contributed by atoms with Crippen LogP contribution in [0.15, 0.2) is 6.07 Å². The van der Waals surface area contributed by atoms with Crippen molar-refractivity contribution in [1.82, 2.24) is 0 Å². The van der Waals surface area contributed by atoms with Crippen LogP contribution in [0.2, 0.25) is 0 Å². The SMILES string of the molecule is Cc1c([O-])cc(CCl)c([N+](=O)[O-])c1C. The van der Waals surface area contributed by atoms with Crippen LogP contribution in [-0.4, -0.2) is 4.92 Å². The highest BCUT2D eigenvalue weighted by atomic mass is 35.5. The smallest absolute Gasteiger partial charge is 0.276 e. The summed E-state index contributed by atoms with van der Waals surface area (Å²) in [7, 11) is 0. The molecule has 76 valence electrons. The van der Waals surface area contributed by atoms with Gasteiger partial charge < -0.3 is 5.11 Å². The van der Waals surface area contributed by atoms with Crippen molar-refractivity contribution in [3.8, 4) is 5.75 Å². The summed E-state index contributed by atoms with van der Waals surface area (Å²) in [4.78, 5) is 10.2. The number of rotatable bonds is 2. The van der Waals surface area contributed by atoms with E-state index >= 15 is 0 Å². The minimum atomic E-state index is -0.501. The molecule has 1 aromatic rings. The largest absolute Gasteiger partial charge is 0.872 e. The monoisotopic (exact) mass is 214 g/mol. The molecule has 1 aromatic carbocycles. The van der Waals surface area contributed by atoms with Crippen LogP contribution in [-0.2, 0) is 5.88 Å². The Labute approximate surface area is 86.3 Å². The number of nitrogens with zero attached hydrogens (tertiary/aromatic N) is 1. The maximum Gasteiger partial charge on any atom is 0.276 e. The van der Waals surface area contributed by atoms with Gasteiger partial charge in [-0.1, -0.05) is 6.07 Å². The molecule has 0 aliphatic carbocycles. The first-order valence-corrected chi connectivity index (χ1v) is 4.53. The molecule has 0 atom stereocenters. The number of benzene rings is 1. The molecule has 0 saturated carbocycles. The van der Waals surface area contributed by atoms with Crippen LogP contribution < -0.4 is 5.11 Å². The van der Waals surface area contributed by atoms with Crippen LogP contribution in [0.4, 0.5) is 5.69 Å². The molecule has 0 unspecified atom stereocenters. The number of hydrogen-bond donors (Lipinski definition) is 0. The number of nitro groups is 1. The Balaban J connectivity index is 3.53. The fraction of sp³-hybridized carbons (Fsp3) is 0.333. The van der Waals surface area contributed by atoms with E-state index in [2.05, 4.69) is 0 Å². The molecule has 0 radical (unpaired) electrons. The van der Waals surface area contributed by atoms with Gasteiger partial charge in [0.15, 0.2) is 0 Å². The van der Waals surface area contributed by atoms with Gasteiger partial charge in [-0.3, -0.25) is 10.1 Å². The minimum absolute atomic E-state index is 0.0212. The highest BCUT2D eigenvalue weighted by molar-refractivity contribution is 6.17. The zero-order chi connectivity index (χ0) is 10.9. The molecule has 5 heteroatoms. The third-order valence-electron chi connectivity index (χ3n) is 2.22. The van der Waals surface area contributed by atoms with Crippen LogP contribution in [0.1, 0.15) is 16.7 Å². The molecule has 0 amide bonds. The first-order chi connectivity index (χ1) is 6.49. The van der Waals surface area contributed by atoms with E-state index in [4.69, 9.17) is 11.6 Å². The average Bonchev–Trinajstić information content (AvgIpc) is 2.12. The molecule has 0 saturated heterocycles. The van der Waals surface area contributed by atoms with E-state index in [1.165, 1.54) is 6.07 Å². The van der Waals surface area contributed by atoms with Gasteiger partial charge in [0, 0.05) is 11.1 Å². The van der Waals surface area contributed by atoms with Crippen LogP contribution in [0.25, 0.3) is 0 Å². The molecule has 0 aliphatic rings. The Hall–Kier alpha value is -1.29. The van der Waals surface area contributed by atoms with Crippen molar-refractivity contribution in [3.63, 3.8) is 0 Å². The third-order valence-corrected chi connectivity index (χ3v) is 2.51. The molecule has 0 aliphatic heterocycles. The second kappa shape index (κ2) is 3.84. The summed E-state index contributed by atoms with van der Waals surface area (Å²) in [6.45, 7) is 3.13. The summed E-state index contributed by atoms with van der Waals surface area (Å²) in [6, 6.07) is 1.23. The summed E-state index contributed by atoms with van der Waals surface area (Å²) in [5.41, 5.74) is 1.05. The van der Waals surface area contributed by atoms with Gasteiger partial charge in [-0.15, -0.1) is 17.4 Å². The second-order valence-corrected chi connectivity index (χ2v) is 3.29. The zero-order valence-electron chi connectivity index (χ0n) is 7.83. The van der Waals surface area contributed by atoms with Gasteiger partial charge in [0.2, 0.25) is 0 Å². The van der Waals surface area contributed by atoms with E-state index in [9.17, 15) is 15.2 Å². The maximum atomic E-state index is 11.3. The van der Waals surface area contributed by atoms with Gasteiger partial charge in [-0.25, -0.2) is 0 Å². The lowest BCUT2D eigenvalue weighted by Crippen LogP contribution is -2.03. The fourth-order valence-corrected chi connectivity index (χ4v) is 1.50. The van der Waals surface area contributed by atoms with Crippen molar-refractivity contribution in [3.05, 3.63) is 32.9 Å². The lowest BCUT2D eigenvalue weighted by atomic mass is 10.0. The number of nitro benzene ring substituents is 1. The van der Waals surface area contributed by atoms with Crippen molar-refractivity contribution < 1.29 is 10.0 Å². The minimum Gasteiger partial charge on any atom is -0.872 e. The van der Waals surface area contributed by atoms with Crippen molar-refractivity contribution in [1.29, 1.82) is 0 Å². The number of halogens is 1. The molecule has 0 heterocycles. The van der Waals surface area contributed by atoms with Crippen molar-refractivity contribution in [2.24, 2.45) is 0 Å². The molecule has 0 aromatic heterocycles. The van der Waals surface area contributed by atoms with Crippen LogP contribution >= 0.6 is 11.6 Å². The lowest BCUT2D eigenvalue weighted by molar-refractivity contribution is -0.386. The molecule has 14 heavy (non-hydrogen) atoms. The Morgan fingerprint density at radius 1 is 1.43 bits per heavy atom. The number of hydrogen-bond acceptors (Lipinski definition) is 3. The van der Waals surface area contributed by atoms with Gasteiger partial charge in [-0.05, 0) is 19.4 Å². The zero-order valence-corrected chi connectivity index (χ0v) is 8.59. The van der Waals surface area contributed by atoms with Crippen LogP contribution in [0.5, 0.6) is 5.75 Å². The predicted molar refractivity (Wildman–Crippen MR) is 51.6 cm³/mol. The van der Waals surface area contributed by atoms with E-state index in [-0.39, 0.29) is 22.9 Å². The van der Waals surface area contributed by atoms with E-state index < -0.39 is 4.92 Å². The molecule has 0 bridgehead atoms. The van der Waals surface area contributed by atoms with E-state index in [0.717, 1.165) is 0 Å². The van der Waals surface area contributed by atoms with Gasteiger partial charge in [0.25, 0.3) is 5.69 Å². The Morgan fingerprint density at radius 3 is 2.43 bits per heavy atom. The molecular weight excluding hydrogens is 206 g/mol. The van der Waals surface area contributed by atoms with Crippen molar-refractivity contribution in [2.45, 2.75) is 19.7 Å². The molecule has 0 N–H and O–H groups in total. The summed E-state index contributed by atoms with van der Waals surface area (Å²) < 4.78 is 0. The topological polar surface area (TPSA) is 66.2 Å². The molecular formula is C9H9ClNO3-. The summed E-state index contributed by atoms with van der Waals surface area (Å²) in [5, 5.41) is 22.0. The van der Waals surface area contributed by atoms with E-state index in [1.807, 2.05) is 0 Å². The van der Waals surface area contributed by atoms with Crippen LogP contribution in [0, 0.1) is 24.0 Å². The maximum absolute atomic E-state index is 11.3. The third kappa shape index (κ3) is 1.65. The standard InChI is InChI=1S/C9H10ClNO3/c1-5-6(2)9(11(13)14)7(4-10)3-8(5)12/h3,12H,4H2,1-2H3/p-1. The first kappa shape index (κ1) is 10.8.